The van der Waals surface area contributed by atoms with E-state index in [2.05, 4.69) is 34.1 Å². The number of rotatable bonds is 8. The van der Waals surface area contributed by atoms with Crippen molar-refractivity contribution in [3.05, 3.63) is 54.1 Å². The summed E-state index contributed by atoms with van der Waals surface area (Å²) >= 11 is 0. The van der Waals surface area contributed by atoms with Crippen LogP contribution in [-0.4, -0.2) is 51.6 Å². The molecule has 8 nitrogen and oxygen atoms in total. The number of hydrogen-bond acceptors (Lipinski definition) is 5. The number of para-hydroxylation sites is 2. The van der Waals surface area contributed by atoms with Crippen molar-refractivity contribution in [1.29, 1.82) is 0 Å². The molecule has 2 amide bonds. The van der Waals surface area contributed by atoms with Crippen LogP contribution in [0.25, 0.3) is 11.0 Å². The summed E-state index contributed by atoms with van der Waals surface area (Å²) in [5.41, 5.74) is 3.81. The molecule has 0 fully saturated rings. The van der Waals surface area contributed by atoms with Gasteiger partial charge in [-0.05, 0) is 49.8 Å². The van der Waals surface area contributed by atoms with Gasteiger partial charge in [0.05, 0.1) is 16.7 Å². The molecule has 0 unspecified atom stereocenters. The van der Waals surface area contributed by atoms with Gasteiger partial charge in [-0.25, -0.2) is 9.99 Å². The number of fused-ring (bicyclic) bond motifs is 1. The maximum Gasteiger partial charge on any atom is 0.274 e. The zero-order chi connectivity index (χ0) is 23.4. The first-order chi connectivity index (χ1) is 16.0. The highest BCUT2D eigenvalue weighted by Gasteiger charge is 2.26. The van der Waals surface area contributed by atoms with Gasteiger partial charge >= 0.3 is 0 Å². The molecule has 0 atom stereocenters. The molecule has 0 radical (unpaired) electrons. The fourth-order valence-corrected chi connectivity index (χ4v) is 4.03. The molecular weight excluding hydrogens is 416 g/mol. The number of carbonyl (C=O) groups is 2. The second kappa shape index (κ2) is 9.95. The lowest BCUT2D eigenvalue weighted by Gasteiger charge is -2.23. The molecule has 0 saturated carbocycles. The molecule has 1 aliphatic rings. The van der Waals surface area contributed by atoms with E-state index in [9.17, 15) is 9.59 Å². The molecule has 2 heterocycles. The summed E-state index contributed by atoms with van der Waals surface area (Å²) in [5.74, 6) is 0.0400. The number of amides is 2. The molecule has 33 heavy (non-hydrogen) atoms. The predicted octanol–water partition coefficient (Wildman–Crippen LogP) is 3.81. The van der Waals surface area contributed by atoms with Crippen molar-refractivity contribution < 1.29 is 9.59 Å². The van der Waals surface area contributed by atoms with Gasteiger partial charge in [-0.2, -0.15) is 5.10 Å². The Morgan fingerprint density at radius 3 is 2.64 bits per heavy atom. The Hall–Kier alpha value is -3.52. The van der Waals surface area contributed by atoms with E-state index in [1.165, 1.54) is 5.01 Å². The minimum absolute atomic E-state index is 0.122. The number of anilines is 2. The van der Waals surface area contributed by atoms with Gasteiger partial charge in [-0.3, -0.25) is 14.9 Å². The van der Waals surface area contributed by atoms with Crippen LogP contribution in [0, 0.1) is 6.92 Å². The first kappa shape index (κ1) is 22.7. The summed E-state index contributed by atoms with van der Waals surface area (Å²) in [6.07, 6.45) is 0.533. The van der Waals surface area contributed by atoms with Crippen LogP contribution in [0.4, 0.5) is 11.6 Å². The fraction of sp³-hybridized carbons (Fsp3) is 0.360. The number of imidazole rings is 1. The van der Waals surface area contributed by atoms with E-state index in [-0.39, 0.29) is 18.2 Å². The Morgan fingerprint density at radius 1 is 1.09 bits per heavy atom. The van der Waals surface area contributed by atoms with Gasteiger partial charge < -0.3 is 9.47 Å². The Bertz CT molecular complexity index is 1190. The van der Waals surface area contributed by atoms with Crippen LogP contribution in [0.15, 0.2) is 53.6 Å². The zero-order valence-electron chi connectivity index (χ0n) is 19.4. The lowest BCUT2D eigenvalue weighted by atomic mass is 10.1. The molecule has 8 heteroatoms. The fourth-order valence-electron chi connectivity index (χ4n) is 4.03. The van der Waals surface area contributed by atoms with Crippen molar-refractivity contribution in [3.8, 4) is 0 Å². The molecule has 4 rings (SSSR count). The maximum absolute atomic E-state index is 13.2. The first-order valence-corrected chi connectivity index (χ1v) is 11.5. The standard InChI is InChI=1S/C25H30N6O2/c1-4-29(5-2)15-16-30-22-12-7-6-11-20(22)26-25(30)27-24(33)21-13-14-23(32)31(28-21)19-10-8-9-18(3)17-19/h6-12,17H,4-5,13-16H2,1-3H3,(H,26,27,33). The quantitative estimate of drug-likeness (QED) is 0.570. The molecule has 2 aromatic carbocycles. The Kier molecular flexibility index (Phi) is 6.84. The van der Waals surface area contributed by atoms with Gasteiger partial charge in [0.15, 0.2) is 0 Å². The predicted molar refractivity (Wildman–Crippen MR) is 131 cm³/mol. The number of benzene rings is 2. The minimum Gasteiger partial charge on any atom is -0.309 e. The zero-order valence-corrected chi connectivity index (χ0v) is 19.4. The normalized spacial score (nSPS) is 14.1. The average molecular weight is 447 g/mol. The van der Waals surface area contributed by atoms with Gasteiger partial charge in [0.1, 0.15) is 5.71 Å². The SMILES string of the molecule is CCN(CC)CCn1c(NC(=O)C2=NN(c3cccc(C)c3)C(=O)CC2)nc2ccccc21. The lowest BCUT2D eigenvalue weighted by molar-refractivity contribution is -0.118. The minimum atomic E-state index is -0.334. The largest absolute Gasteiger partial charge is 0.309 e. The molecule has 1 aliphatic heterocycles. The van der Waals surface area contributed by atoms with Gasteiger partial charge in [0, 0.05) is 25.9 Å². The van der Waals surface area contributed by atoms with Crippen LogP contribution in [0.1, 0.15) is 32.3 Å². The third-order valence-electron chi connectivity index (χ3n) is 5.96. The molecule has 1 aromatic heterocycles. The number of hydrogen-bond donors (Lipinski definition) is 1. The van der Waals surface area contributed by atoms with Crippen LogP contribution in [0.5, 0.6) is 0 Å². The van der Waals surface area contributed by atoms with Crippen LogP contribution in [-0.2, 0) is 16.1 Å². The molecule has 0 saturated heterocycles. The molecule has 0 spiro atoms. The molecule has 172 valence electrons. The lowest BCUT2D eigenvalue weighted by Crippen LogP contribution is -2.36. The summed E-state index contributed by atoms with van der Waals surface area (Å²) < 4.78 is 2.04. The maximum atomic E-state index is 13.2. The topological polar surface area (TPSA) is 82.8 Å². The van der Waals surface area contributed by atoms with Gasteiger partial charge in [-0.1, -0.05) is 38.1 Å². The highest BCUT2D eigenvalue weighted by atomic mass is 16.2. The van der Waals surface area contributed by atoms with E-state index in [0.29, 0.717) is 30.3 Å². The van der Waals surface area contributed by atoms with E-state index in [4.69, 9.17) is 0 Å². The second-order valence-corrected chi connectivity index (χ2v) is 8.15. The Balaban J connectivity index is 1.60. The monoisotopic (exact) mass is 446 g/mol. The molecule has 3 aromatic rings. The van der Waals surface area contributed by atoms with Crippen molar-refractivity contribution in [1.82, 2.24) is 14.5 Å². The number of nitrogens with zero attached hydrogens (tertiary/aromatic N) is 5. The van der Waals surface area contributed by atoms with Crippen molar-refractivity contribution in [3.63, 3.8) is 0 Å². The number of likely N-dealkylation sites (N-methyl/N-ethyl adjacent to an activating group) is 1. The van der Waals surface area contributed by atoms with Crippen LogP contribution in [0.2, 0.25) is 0 Å². The molecule has 1 N–H and O–H groups in total. The summed E-state index contributed by atoms with van der Waals surface area (Å²) in [4.78, 5) is 32.6. The van der Waals surface area contributed by atoms with E-state index in [1.54, 1.807) is 0 Å². The van der Waals surface area contributed by atoms with E-state index in [0.717, 1.165) is 36.2 Å². The van der Waals surface area contributed by atoms with Crippen molar-refractivity contribution in [2.45, 2.75) is 40.2 Å². The summed E-state index contributed by atoms with van der Waals surface area (Å²) in [6.45, 7) is 9.72. The number of nitrogens with one attached hydrogen (secondary N) is 1. The highest BCUT2D eigenvalue weighted by molar-refractivity contribution is 6.44. The van der Waals surface area contributed by atoms with Crippen LogP contribution < -0.4 is 10.3 Å². The van der Waals surface area contributed by atoms with Gasteiger partial charge in [0.2, 0.25) is 11.9 Å². The van der Waals surface area contributed by atoms with E-state index in [1.807, 2.05) is 60.0 Å². The van der Waals surface area contributed by atoms with Crippen molar-refractivity contribution >= 4 is 40.2 Å². The molecule has 0 bridgehead atoms. The average Bonchev–Trinajstić information content (AvgIpc) is 3.17. The molecule has 0 aliphatic carbocycles. The summed E-state index contributed by atoms with van der Waals surface area (Å²) in [7, 11) is 0. The summed E-state index contributed by atoms with van der Waals surface area (Å²) in [6, 6.07) is 15.4. The van der Waals surface area contributed by atoms with Crippen molar-refractivity contribution in [2.75, 3.05) is 30.0 Å². The van der Waals surface area contributed by atoms with Gasteiger partial charge in [-0.15, -0.1) is 0 Å². The highest BCUT2D eigenvalue weighted by Crippen LogP contribution is 2.23. The number of aryl methyl sites for hydroxylation is 1. The van der Waals surface area contributed by atoms with Crippen LogP contribution in [0.3, 0.4) is 0 Å². The number of hydrazone groups is 1. The molecular formula is C25H30N6O2. The Morgan fingerprint density at radius 2 is 1.88 bits per heavy atom. The smallest absolute Gasteiger partial charge is 0.274 e. The Labute approximate surface area is 193 Å². The number of carbonyl (C=O) groups excluding carboxylic acids is 2. The number of aromatic nitrogens is 2. The van der Waals surface area contributed by atoms with Gasteiger partial charge in [0.25, 0.3) is 5.91 Å². The summed E-state index contributed by atoms with van der Waals surface area (Å²) in [5, 5.41) is 8.68. The third-order valence-corrected chi connectivity index (χ3v) is 5.96. The second-order valence-electron chi connectivity index (χ2n) is 8.15. The first-order valence-electron chi connectivity index (χ1n) is 11.5. The van der Waals surface area contributed by atoms with Crippen molar-refractivity contribution in [2.24, 2.45) is 5.10 Å². The van der Waals surface area contributed by atoms with Crippen LogP contribution >= 0.6 is 0 Å². The third kappa shape index (κ3) is 4.96. The van der Waals surface area contributed by atoms with E-state index < -0.39 is 0 Å². The van der Waals surface area contributed by atoms with E-state index >= 15 is 0 Å².